The minimum absolute atomic E-state index is 0.0959. The maximum atomic E-state index is 12.9. The quantitative estimate of drug-likeness (QED) is 0.516. The molecule has 1 saturated heterocycles. The molecule has 1 unspecified atom stereocenters. The van der Waals surface area contributed by atoms with Crippen molar-refractivity contribution >= 4 is 38.6 Å². The first kappa shape index (κ1) is 16.4. The van der Waals surface area contributed by atoms with Gasteiger partial charge in [-0.2, -0.15) is 0 Å². The van der Waals surface area contributed by atoms with Crippen molar-refractivity contribution in [2.24, 2.45) is 0 Å². The summed E-state index contributed by atoms with van der Waals surface area (Å²) in [7, 11) is 0. The third-order valence-corrected chi connectivity index (χ3v) is 6.20. The van der Waals surface area contributed by atoms with Crippen molar-refractivity contribution in [3.05, 3.63) is 59.4 Å². The van der Waals surface area contributed by atoms with E-state index < -0.39 is 0 Å². The predicted octanol–water partition coefficient (Wildman–Crippen LogP) is 4.73. The van der Waals surface area contributed by atoms with Crippen molar-refractivity contribution in [1.82, 2.24) is 14.9 Å². The second-order valence-corrected chi connectivity index (χ2v) is 7.90. The van der Waals surface area contributed by atoms with Gasteiger partial charge in [0.1, 0.15) is 10.5 Å². The Labute approximate surface area is 160 Å². The van der Waals surface area contributed by atoms with Gasteiger partial charge in [-0.3, -0.25) is 4.79 Å². The van der Waals surface area contributed by atoms with Crippen molar-refractivity contribution in [2.75, 3.05) is 6.54 Å². The summed E-state index contributed by atoms with van der Waals surface area (Å²) in [6.45, 7) is 0.799. The summed E-state index contributed by atoms with van der Waals surface area (Å²) in [6, 6.07) is 15.9. The summed E-state index contributed by atoms with van der Waals surface area (Å²) >= 11 is 1.70. The van der Waals surface area contributed by atoms with Gasteiger partial charge in [-0.15, -0.1) is 11.3 Å². The van der Waals surface area contributed by atoms with E-state index in [0.717, 1.165) is 41.0 Å². The molecule has 2 aromatic carbocycles. The molecule has 1 aliphatic heterocycles. The number of carbonyl (C=O) groups excluding carboxylic acids is 1. The first-order valence-electron chi connectivity index (χ1n) is 9.27. The van der Waals surface area contributed by atoms with Crippen molar-refractivity contribution in [1.29, 1.82) is 0 Å². The zero-order valence-corrected chi connectivity index (χ0v) is 15.6. The second-order valence-electron chi connectivity index (χ2n) is 6.84. The Morgan fingerprint density at radius 2 is 1.93 bits per heavy atom. The molecule has 1 amide bonds. The fraction of sp³-hybridized carbons (Fsp3) is 0.286. The van der Waals surface area contributed by atoms with Gasteiger partial charge in [0.2, 0.25) is 5.91 Å². The van der Waals surface area contributed by atoms with E-state index in [4.69, 9.17) is 9.40 Å². The lowest BCUT2D eigenvalue weighted by Crippen LogP contribution is -2.30. The van der Waals surface area contributed by atoms with E-state index in [1.165, 1.54) is 4.70 Å². The van der Waals surface area contributed by atoms with E-state index in [1.54, 1.807) is 11.3 Å². The maximum absolute atomic E-state index is 12.9. The minimum atomic E-state index is 0.0959. The van der Waals surface area contributed by atoms with Crippen LogP contribution in [0.1, 0.15) is 36.2 Å². The van der Waals surface area contributed by atoms with Crippen LogP contribution in [0.5, 0.6) is 0 Å². The van der Waals surface area contributed by atoms with E-state index in [2.05, 4.69) is 11.1 Å². The number of nitrogens with zero attached hydrogens (tertiary/aromatic N) is 3. The Kier molecular flexibility index (Phi) is 4.13. The monoisotopic (exact) mass is 377 g/mol. The van der Waals surface area contributed by atoms with Gasteiger partial charge in [-0.05, 0) is 37.1 Å². The lowest BCUT2D eigenvalue weighted by atomic mass is 10.2. The van der Waals surface area contributed by atoms with E-state index >= 15 is 0 Å². The summed E-state index contributed by atoms with van der Waals surface area (Å²) < 4.78 is 6.92. The molecule has 0 radical (unpaired) electrons. The molecule has 1 aliphatic rings. The molecule has 5 nitrogen and oxygen atoms in total. The fourth-order valence-electron chi connectivity index (χ4n) is 3.74. The standard InChI is InChI=1S/C21H19N3O2S/c25-20(12-11-19-22-14-6-1-3-9-17(14)26-19)24-13-5-8-16(24)21-23-15-7-2-4-10-18(15)27-21/h1-4,6-7,9-10,16H,5,8,11-13H2. The van der Waals surface area contributed by atoms with Crippen molar-refractivity contribution in [3.63, 3.8) is 0 Å². The molecule has 27 heavy (non-hydrogen) atoms. The van der Waals surface area contributed by atoms with Crippen molar-refractivity contribution < 1.29 is 9.21 Å². The second kappa shape index (κ2) is 6.78. The smallest absolute Gasteiger partial charge is 0.223 e. The number of hydrogen-bond donors (Lipinski definition) is 0. The highest BCUT2D eigenvalue weighted by Gasteiger charge is 2.32. The van der Waals surface area contributed by atoms with Crippen LogP contribution in [0.2, 0.25) is 0 Å². The lowest BCUT2D eigenvalue weighted by Gasteiger charge is -2.22. The van der Waals surface area contributed by atoms with Crippen LogP contribution in [-0.2, 0) is 11.2 Å². The molecule has 4 aromatic rings. The molecule has 0 bridgehead atoms. The number of para-hydroxylation sites is 3. The number of aryl methyl sites for hydroxylation is 1. The molecule has 0 N–H and O–H groups in total. The molecule has 1 atom stereocenters. The number of oxazole rings is 1. The number of likely N-dealkylation sites (tertiary alicyclic amines) is 1. The summed E-state index contributed by atoms with van der Waals surface area (Å²) in [4.78, 5) is 24.1. The van der Waals surface area contributed by atoms with Crippen molar-refractivity contribution in [2.45, 2.75) is 31.7 Å². The van der Waals surface area contributed by atoms with E-state index in [9.17, 15) is 4.79 Å². The summed E-state index contributed by atoms with van der Waals surface area (Å²) in [6.07, 6.45) is 2.94. The Balaban J connectivity index is 1.31. The van der Waals surface area contributed by atoms with Gasteiger partial charge >= 0.3 is 0 Å². The largest absolute Gasteiger partial charge is 0.441 e. The predicted molar refractivity (Wildman–Crippen MR) is 106 cm³/mol. The normalized spacial score (nSPS) is 17.2. The molecule has 2 aromatic heterocycles. The van der Waals surface area contributed by atoms with Gasteiger partial charge in [-0.1, -0.05) is 24.3 Å². The molecular weight excluding hydrogens is 358 g/mol. The van der Waals surface area contributed by atoms with Crippen LogP contribution >= 0.6 is 11.3 Å². The molecule has 136 valence electrons. The fourth-order valence-corrected chi connectivity index (χ4v) is 4.85. The molecule has 3 heterocycles. The SMILES string of the molecule is O=C(CCc1nc2ccccc2o1)N1CCCC1c1nc2ccccc2s1. The first-order valence-corrected chi connectivity index (χ1v) is 10.1. The molecule has 0 saturated carbocycles. The number of carbonyl (C=O) groups is 1. The number of fused-ring (bicyclic) bond motifs is 2. The minimum Gasteiger partial charge on any atom is -0.441 e. The first-order chi connectivity index (χ1) is 13.3. The highest BCUT2D eigenvalue weighted by Crippen LogP contribution is 2.36. The summed E-state index contributed by atoms with van der Waals surface area (Å²) in [5, 5.41) is 1.05. The molecule has 6 heteroatoms. The van der Waals surface area contributed by atoms with Gasteiger partial charge < -0.3 is 9.32 Å². The number of aromatic nitrogens is 2. The Morgan fingerprint density at radius 3 is 2.78 bits per heavy atom. The third-order valence-electron chi connectivity index (χ3n) is 5.06. The molecule has 1 fully saturated rings. The topological polar surface area (TPSA) is 59.2 Å². The van der Waals surface area contributed by atoms with Crippen molar-refractivity contribution in [3.8, 4) is 0 Å². The number of hydrogen-bond acceptors (Lipinski definition) is 5. The Morgan fingerprint density at radius 1 is 1.11 bits per heavy atom. The number of rotatable bonds is 4. The van der Waals surface area contributed by atoms with Crippen LogP contribution in [0, 0.1) is 0 Å². The number of amides is 1. The number of benzene rings is 2. The highest BCUT2D eigenvalue weighted by atomic mass is 32.1. The Hall–Kier alpha value is -2.73. The highest BCUT2D eigenvalue weighted by molar-refractivity contribution is 7.18. The average Bonchev–Trinajstić information content (AvgIpc) is 3.42. The van der Waals surface area contributed by atoms with Gasteiger partial charge in [0.05, 0.1) is 16.3 Å². The van der Waals surface area contributed by atoms with Crippen LogP contribution in [0.25, 0.3) is 21.3 Å². The van der Waals surface area contributed by atoms with Gasteiger partial charge in [0.25, 0.3) is 0 Å². The molecule has 0 aliphatic carbocycles. The van der Waals surface area contributed by atoms with Gasteiger partial charge in [-0.25, -0.2) is 9.97 Å². The van der Waals surface area contributed by atoms with E-state index in [-0.39, 0.29) is 11.9 Å². The van der Waals surface area contributed by atoms with Crippen LogP contribution < -0.4 is 0 Å². The van der Waals surface area contributed by atoms with Gasteiger partial charge in [0, 0.05) is 19.4 Å². The van der Waals surface area contributed by atoms with Crippen LogP contribution in [-0.4, -0.2) is 27.3 Å². The molecule has 0 spiro atoms. The molecular formula is C21H19N3O2S. The van der Waals surface area contributed by atoms with Crippen LogP contribution in [0.3, 0.4) is 0 Å². The maximum Gasteiger partial charge on any atom is 0.223 e. The third kappa shape index (κ3) is 3.10. The summed E-state index contributed by atoms with van der Waals surface area (Å²) in [5.41, 5.74) is 2.63. The van der Waals surface area contributed by atoms with E-state index in [1.807, 2.05) is 47.4 Å². The molecule has 5 rings (SSSR count). The summed E-state index contributed by atoms with van der Waals surface area (Å²) in [5.74, 6) is 0.777. The lowest BCUT2D eigenvalue weighted by molar-refractivity contribution is -0.132. The zero-order valence-electron chi connectivity index (χ0n) is 14.8. The Bertz CT molecular complexity index is 1050. The van der Waals surface area contributed by atoms with Gasteiger partial charge in [0.15, 0.2) is 11.5 Å². The van der Waals surface area contributed by atoms with Crippen LogP contribution in [0.4, 0.5) is 0 Å². The number of thiazole rings is 1. The average molecular weight is 377 g/mol. The van der Waals surface area contributed by atoms with Crippen LogP contribution in [0.15, 0.2) is 52.9 Å². The van der Waals surface area contributed by atoms with E-state index in [0.29, 0.717) is 18.7 Å². The zero-order chi connectivity index (χ0) is 18.2.